The Kier molecular flexibility index (Phi) is 5.42. The van der Waals surface area contributed by atoms with Gasteiger partial charge in [0.2, 0.25) is 11.9 Å². The van der Waals surface area contributed by atoms with Crippen LogP contribution >= 0.6 is 0 Å². The second-order valence-corrected chi connectivity index (χ2v) is 10.9. The fourth-order valence-corrected chi connectivity index (χ4v) is 5.93. The summed E-state index contributed by atoms with van der Waals surface area (Å²) in [4.78, 5) is 13.3. The normalized spacial score (nSPS) is 24.5. The molecule has 1 aliphatic carbocycles. The molecule has 3 aliphatic rings. The summed E-state index contributed by atoms with van der Waals surface area (Å²) in [6.45, 7) is 4.17. The Balaban J connectivity index is 1.86. The van der Waals surface area contributed by atoms with Crippen LogP contribution in [0.2, 0.25) is 0 Å². The maximum atomic E-state index is 12.7. The van der Waals surface area contributed by atoms with Gasteiger partial charge in [0.25, 0.3) is 0 Å². The highest BCUT2D eigenvalue weighted by Gasteiger charge is 2.44. The monoisotopic (exact) mass is 432 g/mol. The molecule has 1 aromatic rings. The van der Waals surface area contributed by atoms with Crippen molar-refractivity contribution in [3.63, 3.8) is 0 Å². The maximum absolute atomic E-state index is 12.7. The van der Waals surface area contributed by atoms with E-state index in [0.29, 0.717) is 11.6 Å². The van der Waals surface area contributed by atoms with E-state index in [2.05, 4.69) is 16.8 Å². The molecule has 2 heterocycles. The van der Waals surface area contributed by atoms with Gasteiger partial charge in [-0.25, -0.2) is 13.4 Å². The molecule has 1 atom stereocenters. The molecule has 1 spiro atoms. The fraction of sp³-hybridized carbons (Fsp3) is 0.619. The number of nitrogens with zero attached hydrogens (tertiary/aromatic N) is 4. The van der Waals surface area contributed by atoms with Crippen LogP contribution in [0.1, 0.15) is 51.9 Å². The molecule has 2 fully saturated rings. The van der Waals surface area contributed by atoms with E-state index >= 15 is 0 Å². The molecule has 0 radical (unpaired) electrons. The molecule has 0 bridgehead atoms. The molecule has 164 valence electrons. The van der Waals surface area contributed by atoms with Crippen molar-refractivity contribution in [2.24, 2.45) is 27.4 Å². The highest BCUT2D eigenvalue weighted by atomic mass is 32.2. The molecule has 0 aromatic heterocycles. The van der Waals surface area contributed by atoms with Crippen molar-refractivity contribution in [1.29, 1.82) is 0 Å². The number of nitrogens with two attached hydrogens (primary N) is 2. The van der Waals surface area contributed by atoms with E-state index in [1.807, 2.05) is 17.0 Å². The standard InChI is InChI=1S/C21H32N6O2S/c1-15-7-6-12-26(14-15)16-8-9-18(30(2,28)29)17(13-16)27-20(23)24-19(22)25-21(27)10-4-3-5-11-21/h8-9,13,15H,3-7,10-12,14H2,1-2H3,(H4,22,23,24,25). The van der Waals surface area contributed by atoms with Gasteiger partial charge in [0.05, 0.1) is 10.6 Å². The van der Waals surface area contributed by atoms with Gasteiger partial charge in [-0.3, -0.25) is 4.90 Å². The van der Waals surface area contributed by atoms with Crippen LogP contribution in [0.5, 0.6) is 0 Å². The summed E-state index contributed by atoms with van der Waals surface area (Å²) in [5, 5.41) is 0. The first-order valence-corrected chi connectivity index (χ1v) is 12.7. The van der Waals surface area contributed by atoms with E-state index in [4.69, 9.17) is 16.5 Å². The first kappa shape index (κ1) is 21.0. The average molecular weight is 433 g/mol. The van der Waals surface area contributed by atoms with Gasteiger partial charge >= 0.3 is 0 Å². The Labute approximate surface area is 179 Å². The highest BCUT2D eigenvalue weighted by Crippen LogP contribution is 2.43. The van der Waals surface area contributed by atoms with E-state index in [1.54, 1.807) is 6.07 Å². The Morgan fingerprint density at radius 2 is 1.87 bits per heavy atom. The molecule has 2 aliphatic heterocycles. The molecule has 1 saturated heterocycles. The van der Waals surface area contributed by atoms with E-state index in [1.165, 1.54) is 12.7 Å². The van der Waals surface area contributed by atoms with Crippen LogP contribution in [0.15, 0.2) is 33.1 Å². The Morgan fingerprint density at radius 3 is 2.53 bits per heavy atom. The maximum Gasteiger partial charge on any atom is 0.220 e. The van der Waals surface area contributed by atoms with Crippen molar-refractivity contribution in [2.45, 2.75) is 62.4 Å². The lowest BCUT2D eigenvalue weighted by atomic mass is 9.87. The summed E-state index contributed by atoms with van der Waals surface area (Å²) in [5.74, 6) is 0.971. The van der Waals surface area contributed by atoms with Crippen molar-refractivity contribution < 1.29 is 8.42 Å². The van der Waals surface area contributed by atoms with Crippen LogP contribution in [0.3, 0.4) is 0 Å². The third-order valence-corrected chi connectivity index (χ3v) is 7.60. The molecular formula is C21H32N6O2S. The molecule has 4 rings (SSSR count). The van der Waals surface area contributed by atoms with Crippen LogP contribution in [0.4, 0.5) is 11.4 Å². The fourth-order valence-electron chi connectivity index (χ4n) is 5.08. The number of rotatable bonds is 3. The summed E-state index contributed by atoms with van der Waals surface area (Å²) >= 11 is 0. The molecule has 0 amide bonds. The summed E-state index contributed by atoms with van der Waals surface area (Å²) < 4.78 is 25.4. The Morgan fingerprint density at radius 1 is 1.13 bits per heavy atom. The van der Waals surface area contributed by atoms with Crippen molar-refractivity contribution in [2.75, 3.05) is 29.1 Å². The lowest BCUT2D eigenvalue weighted by Gasteiger charge is -2.46. The van der Waals surface area contributed by atoms with Gasteiger partial charge in [0.1, 0.15) is 5.66 Å². The number of sulfone groups is 1. The van der Waals surface area contributed by atoms with Crippen molar-refractivity contribution in [3.8, 4) is 0 Å². The Bertz CT molecular complexity index is 981. The smallest absolute Gasteiger partial charge is 0.220 e. The first-order chi connectivity index (χ1) is 14.2. The molecule has 9 heteroatoms. The summed E-state index contributed by atoms with van der Waals surface area (Å²) in [5.41, 5.74) is 13.2. The van der Waals surface area contributed by atoms with Crippen molar-refractivity contribution in [3.05, 3.63) is 18.2 Å². The number of guanidine groups is 2. The summed E-state index contributed by atoms with van der Waals surface area (Å²) in [7, 11) is -3.48. The number of hydrogen-bond acceptors (Lipinski definition) is 8. The second-order valence-electron chi connectivity index (χ2n) is 8.94. The van der Waals surface area contributed by atoms with Gasteiger partial charge in [-0.05, 0) is 62.6 Å². The SMILES string of the molecule is CC1CCCN(c2ccc(S(C)(=O)=O)c(N3C(N)=NC(N)=NC34CCCCC4)c2)C1. The van der Waals surface area contributed by atoms with Gasteiger partial charge in [0.15, 0.2) is 9.84 Å². The predicted molar refractivity (Wildman–Crippen MR) is 122 cm³/mol. The Hall–Kier alpha value is -2.29. The predicted octanol–water partition coefficient (Wildman–Crippen LogP) is 2.44. The van der Waals surface area contributed by atoms with E-state index in [9.17, 15) is 8.42 Å². The average Bonchev–Trinajstić information content (AvgIpc) is 2.67. The minimum Gasteiger partial charge on any atom is -0.371 e. The minimum absolute atomic E-state index is 0.160. The molecule has 1 saturated carbocycles. The zero-order chi connectivity index (χ0) is 21.5. The van der Waals surface area contributed by atoms with Crippen LogP contribution < -0.4 is 21.3 Å². The number of piperidine rings is 1. The number of hydrogen-bond donors (Lipinski definition) is 2. The largest absolute Gasteiger partial charge is 0.371 e. The summed E-state index contributed by atoms with van der Waals surface area (Å²) in [6.07, 6.45) is 8.19. The van der Waals surface area contributed by atoms with Crippen LogP contribution in [-0.4, -0.2) is 45.3 Å². The number of benzene rings is 1. The van der Waals surface area contributed by atoms with Crippen LogP contribution in [-0.2, 0) is 9.84 Å². The molecule has 4 N–H and O–H groups in total. The highest BCUT2D eigenvalue weighted by molar-refractivity contribution is 7.90. The van der Waals surface area contributed by atoms with Crippen LogP contribution in [0, 0.1) is 5.92 Å². The lowest BCUT2D eigenvalue weighted by Crippen LogP contribution is -2.58. The first-order valence-electron chi connectivity index (χ1n) is 10.8. The zero-order valence-electron chi connectivity index (χ0n) is 17.8. The van der Waals surface area contributed by atoms with E-state index < -0.39 is 15.5 Å². The van der Waals surface area contributed by atoms with Gasteiger partial charge in [0, 0.05) is 25.0 Å². The minimum atomic E-state index is -3.48. The van der Waals surface area contributed by atoms with E-state index in [0.717, 1.165) is 57.3 Å². The van der Waals surface area contributed by atoms with E-state index in [-0.39, 0.29) is 16.8 Å². The topological polar surface area (TPSA) is 117 Å². The third-order valence-electron chi connectivity index (χ3n) is 6.46. The lowest BCUT2D eigenvalue weighted by molar-refractivity contribution is 0.305. The quantitative estimate of drug-likeness (QED) is 0.757. The van der Waals surface area contributed by atoms with Crippen molar-refractivity contribution >= 4 is 33.1 Å². The van der Waals surface area contributed by atoms with Crippen LogP contribution in [0.25, 0.3) is 0 Å². The third kappa shape index (κ3) is 3.87. The molecule has 8 nitrogen and oxygen atoms in total. The number of aliphatic imine (C=N–C) groups is 2. The van der Waals surface area contributed by atoms with Crippen molar-refractivity contribution in [1.82, 2.24) is 0 Å². The zero-order valence-corrected chi connectivity index (χ0v) is 18.7. The van der Waals surface area contributed by atoms with Gasteiger partial charge in [-0.15, -0.1) is 0 Å². The van der Waals surface area contributed by atoms with Gasteiger partial charge < -0.3 is 16.4 Å². The summed E-state index contributed by atoms with van der Waals surface area (Å²) in [6, 6.07) is 5.55. The molecule has 1 unspecified atom stereocenters. The molecule has 30 heavy (non-hydrogen) atoms. The second kappa shape index (κ2) is 7.76. The molecular weight excluding hydrogens is 400 g/mol. The van der Waals surface area contributed by atoms with Gasteiger partial charge in [-0.2, -0.15) is 4.99 Å². The number of anilines is 2. The molecule has 1 aromatic carbocycles. The van der Waals surface area contributed by atoms with Gasteiger partial charge in [-0.1, -0.05) is 13.3 Å².